The summed E-state index contributed by atoms with van der Waals surface area (Å²) in [6.45, 7) is 2.75. The van der Waals surface area contributed by atoms with Gasteiger partial charge in [0, 0.05) is 20.3 Å². The highest BCUT2D eigenvalue weighted by Crippen LogP contribution is 2.03. The molecule has 0 radical (unpaired) electrons. The van der Waals surface area contributed by atoms with E-state index in [1.54, 1.807) is 19.2 Å². The van der Waals surface area contributed by atoms with Crippen molar-refractivity contribution in [1.29, 1.82) is 0 Å². The Labute approximate surface area is 116 Å². The number of aromatic nitrogens is 4. The number of methoxy groups -OCH3 is 1. The van der Waals surface area contributed by atoms with Gasteiger partial charge in [0.25, 0.3) is 0 Å². The van der Waals surface area contributed by atoms with Gasteiger partial charge in [0.15, 0.2) is 5.65 Å². The first kappa shape index (κ1) is 14.5. The lowest BCUT2D eigenvalue weighted by molar-refractivity contribution is 0.0691. The zero-order valence-corrected chi connectivity index (χ0v) is 11.5. The van der Waals surface area contributed by atoms with Crippen LogP contribution >= 0.6 is 0 Å². The number of rotatable bonds is 9. The quantitative estimate of drug-likeness (QED) is 0.641. The van der Waals surface area contributed by atoms with Gasteiger partial charge >= 0.3 is 5.69 Å². The molecule has 8 heteroatoms. The van der Waals surface area contributed by atoms with Gasteiger partial charge in [-0.05, 0) is 25.0 Å². The molecule has 2 heterocycles. The molecule has 2 N–H and O–H groups in total. The Hall–Kier alpha value is -1.93. The molecule has 0 atom stereocenters. The van der Waals surface area contributed by atoms with E-state index >= 15 is 0 Å². The van der Waals surface area contributed by atoms with Crippen LogP contribution in [0, 0.1) is 0 Å². The van der Waals surface area contributed by atoms with E-state index in [-0.39, 0.29) is 5.69 Å². The topological polar surface area (TPSA) is 93.5 Å². The first-order valence-electron chi connectivity index (χ1n) is 6.56. The molecule has 110 valence electrons. The smallest absolute Gasteiger partial charge is 0.364 e. The summed E-state index contributed by atoms with van der Waals surface area (Å²) < 4.78 is 11.5. The Morgan fingerprint density at radius 3 is 3.05 bits per heavy atom. The molecule has 2 aromatic rings. The highest BCUT2D eigenvalue weighted by atomic mass is 16.5. The maximum Gasteiger partial charge on any atom is 0.364 e. The second-order valence-electron chi connectivity index (χ2n) is 4.26. The van der Waals surface area contributed by atoms with E-state index in [9.17, 15) is 4.79 Å². The highest BCUT2D eigenvalue weighted by molar-refractivity contribution is 5.42. The van der Waals surface area contributed by atoms with Crippen LogP contribution in [0.4, 0.5) is 5.82 Å². The van der Waals surface area contributed by atoms with Gasteiger partial charge in [-0.15, -0.1) is 5.10 Å². The normalized spacial score (nSPS) is 11.1. The average Bonchev–Trinajstić information content (AvgIpc) is 2.83. The zero-order valence-electron chi connectivity index (χ0n) is 11.5. The Bertz CT molecular complexity index is 580. The van der Waals surface area contributed by atoms with Crippen LogP contribution in [0.5, 0.6) is 0 Å². The fourth-order valence-electron chi connectivity index (χ4n) is 1.69. The number of nitrogens with zero attached hydrogens (tertiary/aromatic N) is 3. The van der Waals surface area contributed by atoms with Gasteiger partial charge in [0.05, 0.1) is 13.2 Å². The summed E-state index contributed by atoms with van der Waals surface area (Å²) in [6, 6.07) is 3.53. The van der Waals surface area contributed by atoms with E-state index in [0.29, 0.717) is 24.7 Å². The van der Waals surface area contributed by atoms with E-state index in [1.807, 2.05) is 0 Å². The largest absolute Gasteiger partial charge is 0.382 e. The van der Waals surface area contributed by atoms with Crippen LogP contribution in [0.3, 0.4) is 0 Å². The molecule has 2 aromatic heterocycles. The lowest BCUT2D eigenvalue weighted by Gasteiger charge is -2.06. The number of ether oxygens (including phenoxy) is 2. The monoisotopic (exact) mass is 281 g/mol. The number of H-pyrrole nitrogens is 1. The van der Waals surface area contributed by atoms with Crippen LogP contribution < -0.4 is 11.0 Å². The molecule has 0 aliphatic heterocycles. The maximum atomic E-state index is 11.4. The van der Waals surface area contributed by atoms with E-state index in [4.69, 9.17) is 9.47 Å². The van der Waals surface area contributed by atoms with E-state index < -0.39 is 0 Å². The molecule has 0 aliphatic rings. The van der Waals surface area contributed by atoms with Crippen molar-refractivity contribution < 1.29 is 9.47 Å². The lowest BCUT2D eigenvalue weighted by Crippen LogP contribution is -2.14. The number of hydrogen-bond donors (Lipinski definition) is 2. The maximum absolute atomic E-state index is 11.4. The van der Waals surface area contributed by atoms with Gasteiger partial charge in [-0.3, -0.25) is 0 Å². The predicted octanol–water partition coefficient (Wildman–Crippen LogP) is 0.273. The van der Waals surface area contributed by atoms with Crippen molar-refractivity contribution in [1.82, 2.24) is 19.8 Å². The van der Waals surface area contributed by atoms with Crippen LogP contribution in [-0.2, 0) is 9.47 Å². The van der Waals surface area contributed by atoms with Crippen molar-refractivity contribution in [3.05, 3.63) is 22.6 Å². The van der Waals surface area contributed by atoms with Crippen molar-refractivity contribution >= 4 is 11.5 Å². The molecule has 0 aromatic carbocycles. The summed E-state index contributed by atoms with van der Waals surface area (Å²) in [5.41, 5.74) is 0.169. The van der Waals surface area contributed by atoms with Gasteiger partial charge in [-0.1, -0.05) is 0 Å². The minimum Gasteiger partial charge on any atom is -0.382 e. The van der Waals surface area contributed by atoms with Crippen LogP contribution in [0.25, 0.3) is 5.65 Å². The Morgan fingerprint density at radius 1 is 1.30 bits per heavy atom. The number of unbranched alkanes of at least 4 members (excludes halogenated alkanes) is 1. The highest BCUT2D eigenvalue weighted by Gasteiger charge is 2.01. The molecule has 0 unspecified atom stereocenters. The van der Waals surface area contributed by atoms with Crippen LogP contribution in [0.2, 0.25) is 0 Å². The summed E-state index contributed by atoms with van der Waals surface area (Å²) in [6.07, 6.45) is 1.93. The molecule has 0 saturated carbocycles. The number of hydrogen-bond acceptors (Lipinski definition) is 6. The molecule has 2 rings (SSSR count). The first-order valence-corrected chi connectivity index (χ1v) is 6.56. The molecule has 0 spiro atoms. The zero-order chi connectivity index (χ0) is 14.2. The standard InChI is InChI=1S/C12H19N5O3/c1-19-8-9-20-7-3-2-6-13-10-4-5-11-14-15-12(18)17(11)16-10/h4-5H,2-3,6-9H2,1H3,(H,13,16)(H,15,18). The van der Waals surface area contributed by atoms with Gasteiger partial charge in [0.2, 0.25) is 0 Å². The van der Waals surface area contributed by atoms with Gasteiger partial charge < -0.3 is 14.8 Å². The third-order valence-electron chi connectivity index (χ3n) is 2.73. The molecule has 0 fully saturated rings. The molecule has 0 bridgehead atoms. The summed E-state index contributed by atoms with van der Waals surface area (Å²) in [7, 11) is 1.66. The minimum absolute atomic E-state index is 0.338. The summed E-state index contributed by atoms with van der Waals surface area (Å²) in [5.74, 6) is 0.654. The van der Waals surface area contributed by atoms with E-state index in [0.717, 1.165) is 26.0 Å². The van der Waals surface area contributed by atoms with Crippen molar-refractivity contribution in [2.45, 2.75) is 12.8 Å². The molecule has 0 amide bonds. The average molecular weight is 281 g/mol. The van der Waals surface area contributed by atoms with Crippen molar-refractivity contribution in [3.8, 4) is 0 Å². The minimum atomic E-state index is -0.338. The number of nitrogens with one attached hydrogen (secondary N) is 2. The van der Waals surface area contributed by atoms with Crippen LogP contribution in [0.1, 0.15) is 12.8 Å². The Kier molecular flexibility index (Phi) is 5.51. The SMILES string of the molecule is COCCOCCCCNc1ccc2n[nH]c(=O)n2n1. The van der Waals surface area contributed by atoms with E-state index in [1.165, 1.54) is 4.52 Å². The first-order chi connectivity index (χ1) is 9.81. The molecule has 8 nitrogen and oxygen atoms in total. The number of anilines is 1. The molecule has 20 heavy (non-hydrogen) atoms. The fourth-order valence-corrected chi connectivity index (χ4v) is 1.69. The number of aromatic amines is 1. The molecular formula is C12H19N5O3. The molecule has 0 aliphatic carbocycles. The van der Waals surface area contributed by atoms with Crippen molar-refractivity contribution in [3.63, 3.8) is 0 Å². The lowest BCUT2D eigenvalue weighted by atomic mass is 10.3. The van der Waals surface area contributed by atoms with Crippen LogP contribution in [-0.4, -0.2) is 53.3 Å². The summed E-state index contributed by atoms with van der Waals surface area (Å²) >= 11 is 0. The fraction of sp³-hybridized carbons (Fsp3) is 0.583. The third kappa shape index (κ3) is 4.04. The van der Waals surface area contributed by atoms with E-state index in [2.05, 4.69) is 20.6 Å². The predicted molar refractivity (Wildman–Crippen MR) is 74.0 cm³/mol. The Balaban J connectivity index is 1.68. The summed E-state index contributed by atoms with van der Waals surface area (Å²) in [4.78, 5) is 11.4. The van der Waals surface area contributed by atoms with Gasteiger partial charge in [-0.25, -0.2) is 9.89 Å². The van der Waals surface area contributed by atoms with Gasteiger partial charge in [-0.2, -0.15) is 9.61 Å². The third-order valence-corrected chi connectivity index (χ3v) is 2.73. The van der Waals surface area contributed by atoms with Crippen LogP contribution in [0.15, 0.2) is 16.9 Å². The Morgan fingerprint density at radius 2 is 2.20 bits per heavy atom. The molecule has 0 saturated heterocycles. The summed E-state index contributed by atoms with van der Waals surface area (Å²) in [5, 5.41) is 13.5. The second kappa shape index (κ2) is 7.61. The van der Waals surface area contributed by atoms with Crippen molar-refractivity contribution in [2.24, 2.45) is 0 Å². The van der Waals surface area contributed by atoms with Crippen molar-refractivity contribution in [2.75, 3.05) is 38.8 Å². The molecular weight excluding hydrogens is 262 g/mol. The second-order valence-corrected chi connectivity index (χ2v) is 4.26. The van der Waals surface area contributed by atoms with Gasteiger partial charge in [0.1, 0.15) is 5.82 Å². The number of fused-ring (bicyclic) bond motifs is 1.